The lowest BCUT2D eigenvalue weighted by molar-refractivity contribution is -0.167. The molecule has 0 aliphatic carbocycles. The monoisotopic (exact) mass is 236 g/mol. The van der Waals surface area contributed by atoms with E-state index in [1.165, 1.54) is 0 Å². The molecule has 0 bridgehead atoms. The van der Waals surface area contributed by atoms with Crippen LogP contribution < -0.4 is 0 Å². The number of rotatable bonds is 4. The van der Waals surface area contributed by atoms with Crippen LogP contribution in [0.25, 0.3) is 0 Å². The first kappa shape index (κ1) is 13.7. The van der Waals surface area contributed by atoms with Crippen molar-refractivity contribution in [3.63, 3.8) is 0 Å². The maximum atomic E-state index is 11.3. The summed E-state index contributed by atoms with van der Waals surface area (Å²) in [5, 5.41) is 20.0. The van der Waals surface area contributed by atoms with Gasteiger partial charge in [-0.3, -0.25) is 4.79 Å². The molecule has 1 rings (SSSR count). The molecule has 0 saturated carbocycles. The van der Waals surface area contributed by atoms with Gasteiger partial charge in [0, 0.05) is 0 Å². The highest BCUT2D eigenvalue weighted by atomic mass is 16.4. The number of carbonyl (C=O) groups is 1. The Balaban J connectivity index is 3.30. The van der Waals surface area contributed by atoms with Crippen LogP contribution in [0.15, 0.2) is 24.3 Å². The zero-order valence-corrected chi connectivity index (χ0v) is 10.8. The van der Waals surface area contributed by atoms with Crippen LogP contribution in [0.4, 0.5) is 0 Å². The lowest BCUT2D eigenvalue weighted by Crippen LogP contribution is -2.46. The van der Waals surface area contributed by atoms with Crippen molar-refractivity contribution < 1.29 is 15.0 Å². The number of aryl methyl sites for hydroxylation is 1. The number of hydrogen-bond acceptors (Lipinski definition) is 2. The second-order valence-electron chi connectivity index (χ2n) is 5.01. The van der Waals surface area contributed by atoms with E-state index in [-0.39, 0.29) is 0 Å². The van der Waals surface area contributed by atoms with Gasteiger partial charge in [-0.15, -0.1) is 0 Å². The molecule has 0 aliphatic rings. The Morgan fingerprint density at radius 2 is 1.71 bits per heavy atom. The Morgan fingerprint density at radius 1 is 1.24 bits per heavy atom. The largest absolute Gasteiger partial charge is 0.481 e. The number of carboxylic acids is 1. The van der Waals surface area contributed by atoms with E-state index in [2.05, 4.69) is 0 Å². The van der Waals surface area contributed by atoms with E-state index in [9.17, 15) is 15.0 Å². The first-order valence-electron chi connectivity index (χ1n) is 5.78. The summed E-state index contributed by atoms with van der Waals surface area (Å²) < 4.78 is 0. The lowest BCUT2D eigenvalue weighted by Gasteiger charge is -2.39. The molecule has 0 fully saturated rings. The van der Waals surface area contributed by atoms with Crippen molar-refractivity contribution in [3.8, 4) is 0 Å². The predicted octanol–water partition coefficient (Wildman–Crippen LogP) is 2.70. The van der Waals surface area contributed by atoms with Crippen LogP contribution in [0.1, 0.15) is 38.3 Å². The summed E-state index contributed by atoms with van der Waals surface area (Å²) in [5.74, 6) is -0.998. The zero-order chi connectivity index (χ0) is 13.3. The molecule has 3 heteroatoms. The van der Waals surface area contributed by atoms with E-state index in [1.807, 2.05) is 19.1 Å². The Morgan fingerprint density at radius 3 is 2.06 bits per heavy atom. The highest BCUT2D eigenvalue weighted by Gasteiger charge is 2.48. The van der Waals surface area contributed by atoms with Crippen molar-refractivity contribution in [1.29, 1.82) is 0 Å². The smallest absolute Gasteiger partial charge is 0.312 e. The molecule has 0 amide bonds. The third-order valence-electron chi connectivity index (χ3n) is 3.61. The number of carboxylic acid groups (broad SMARTS) is 1. The maximum Gasteiger partial charge on any atom is 0.312 e. The fraction of sp³-hybridized carbons (Fsp3) is 0.500. The second-order valence-corrected chi connectivity index (χ2v) is 5.01. The highest BCUT2D eigenvalue weighted by molar-refractivity contribution is 5.75. The molecule has 3 nitrogen and oxygen atoms in total. The quantitative estimate of drug-likeness (QED) is 0.845. The molecule has 1 unspecified atom stereocenters. The van der Waals surface area contributed by atoms with Crippen molar-refractivity contribution in [2.45, 2.75) is 39.7 Å². The average Bonchev–Trinajstić information content (AvgIpc) is 2.28. The van der Waals surface area contributed by atoms with Crippen LogP contribution in [0.2, 0.25) is 0 Å². The molecule has 0 aliphatic heterocycles. The van der Waals surface area contributed by atoms with Gasteiger partial charge in [0.15, 0.2) is 0 Å². The summed E-state index contributed by atoms with van der Waals surface area (Å²) >= 11 is 0. The van der Waals surface area contributed by atoms with Crippen LogP contribution in [0.5, 0.6) is 0 Å². The SMILES string of the molecule is CCC(O)(c1ccc(C)cc1)C(C)(C)C(=O)O. The fourth-order valence-corrected chi connectivity index (χ4v) is 2.01. The summed E-state index contributed by atoms with van der Waals surface area (Å²) in [5.41, 5.74) is -0.845. The number of aliphatic carboxylic acids is 1. The second kappa shape index (κ2) is 4.49. The summed E-state index contributed by atoms with van der Waals surface area (Å²) in [6, 6.07) is 7.36. The van der Waals surface area contributed by atoms with Crippen molar-refractivity contribution >= 4 is 5.97 Å². The average molecular weight is 236 g/mol. The van der Waals surface area contributed by atoms with E-state index < -0.39 is 17.0 Å². The van der Waals surface area contributed by atoms with Gasteiger partial charge >= 0.3 is 5.97 Å². The van der Waals surface area contributed by atoms with E-state index in [4.69, 9.17) is 0 Å². The minimum atomic E-state index is -1.35. The maximum absolute atomic E-state index is 11.3. The van der Waals surface area contributed by atoms with Crippen LogP contribution in [0.3, 0.4) is 0 Å². The molecular weight excluding hydrogens is 216 g/mol. The molecule has 1 aromatic rings. The van der Waals surface area contributed by atoms with Crippen molar-refractivity contribution in [3.05, 3.63) is 35.4 Å². The molecule has 0 aromatic heterocycles. The molecule has 1 aromatic carbocycles. The minimum absolute atomic E-state index is 0.357. The molecule has 1 atom stereocenters. The highest BCUT2D eigenvalue weighted by Crippen LogP contribution is 2.42. The fourth-order valence-electron chi connectivity index (χ4n) is 2.01. The molecule has 0 heterocycles. The molecule has 2 N–H and O–H groups in total. The minimum Gasteiger partial charge on any atom is -0.481 e. The van der Waals surface area contributed by atoms with Gasteiger partial charge in [0.25, 0.3) is 0 Å². The Kier molecular flexibility index (Phi) is 3.62. The van der Waals surface area contributed by atoms with Gasteiger partial charge in [0.05, 0.1) is 5.41 Å². The molecule has 17 heavy (non-hydrogen) atoms. The topological polar surface area (TPSA) is 57.5 Å². The van der Waals surface area contributed by atoms with E-state index >= 15 is 0 Å². The van der Waals surface area contributed by atoms with Crippen LogP contribution in [-0.2, 0) is 10.4 Å². The summed E-state index contributed by atoms with van der Waals surface area (Å²) in [6.45, 7) is 6.86. The van der Waals surface area contributed by atoms with Crippen molar-refractivity contribution in [2.24, 2.45) is 5.41 Å². The standard InChI is InChI=1S/C14H20O3/c1-5-14(17,13(3,4)12(15)16)11-8-6-10(2)7-9-11/h6-9,17H,5H2,1-4H3,(H,15,16). The molecule has 0 saturated heterocycles. The normalized spacial score (nSPS) is 15.4. The van der Waals surface area contributed by atoms with Gasteiger partial charge in [-0.05, 0) is 32.8 Å². The molecule has 0 spiro atoms. The number of aliphatic hydroxyl groups is 1. The van der Waals surface area contributed by atoms with Gasteiger partial charge in [-0.1, -0.05) is 36.8 Å². The van der Waals surface area contributed by atoms with Gasteiger partial charge < -0.3 is 10.2 Å². The first-order valence-corrected chi connectivity index (χ1v) is 5.78. The molecular formula is C14H20O3. The van der Waals surface area contributed by atoms with Crippen LogP contribution >= 0.6 is 0 Å². The van der Waals surface area contributed by atoms with E-state index in [0.29, 0.717) is 12.0 Å². The van der Waals surface area contributed by atoms with Crippen molar-refractivity contribution in [2.75, 3.05) is 0 Å². The third kappa shape index (κ3) is 2.20. The summed E-state index contributed by atoms with van der Waals surface area (Å²) in [6.07, 6.45) is 0.357. The Bertz CT molecular complexity index is 406. The lowest BCUT2D eigenvalue weighted by atomic mass is 9.69. The Labute approximate surface area is 102 Å². The van der Waals surface area contributed by atoms with Gasteiger partial charge in [-0.2, -0.15) is 0 Å². The van der Waals surface area contributed by atoms with Gasteiger partial charge in [0.1, 0.15) is 5.60 Å². The van der Waals surface area contributed by atoms with Gasteiger partial charge in [-0.25, -0.2) is 0 Å². The number of hydrogen-bond donors (Lipinski definition) is 2. The Hall–Kier alpha value is -1.35. The summed E-state index contributed by atoms with van der Waals surface area (Å²) in [7, 11) is 0. The van der Waals surface area contributed by atoms with Gasteiger partial charge in [0.2, 0.25) is 0 Å². The van der Waals surface area contributed by atoms with E-state index in [1.54, 1.807) is 32.9 Å². The predicted molar refractivity (Wildman–Crippen MR) is 66.8 cm³/mol. The zero-order valence-electron chi connectivity index (χ0n) is 10.8. The molecule has 0 radical (unpaired) electrons. The molecule has 94 valence electrons. The van der Waals surface area contributed by atoms with Crippen LogP contribution in [0, 0.1) is 12.3 Å². The first-order chi connectivity index (χ1) is 7.75. The van der Waals surface area contributed by atoms with E-state index in [0.717, 1.165) is 5.56 Å². The van der Waals surface area contributed by atoms with Crippen LogP contribution in [-0.4, -0.2) is 16.2 Å². The third-order valence-corrected chi connectivity index (χ3v) is 3.61. The number of benzene rings is 1. The summed E-state index contributed by atoms with van der Waals surface area (Å²) in [4.78, 5) is 11.3. The van der Waals surface area contributed by atoms with Crippen molar-refractivity contribution in [1.82, 2.24) is 0 Å².